The van der Waals surface area contributed by atoms with Gasteiger partial charge in [-0.2, -0.15) is 0 Å². The summed E-state index contributed by atoms with van der Waals surface area (Å²) in [5.74, 6) is 0.00551. The summed E-state index contributed by atoms with van der Waals surface area (Å²) in [5, 5.41) is 5.59. The van der Waals surface area contributed by atoms with Gasteiger partial charge in [0, 0.05) is 43.7 Å². The molecular formula is C23H26N4OS. The molecule has 150 valence electrons. The molecule has 2 heterocycles. The Bertz CT molecular complexity index is 931. The normalized spacial score (nSPS) is 15.3. The van der Waals surface area contributed by atoms with Crippen LogP contribution in [0.15, 0.2) is 60.0 Å². The van der Waals surface area contributed by atoms with E-state index in [9.17, 15) is 4.79 Å². The quantitative estimate of drug-likeness (QED) is 0.675. The zero-order valence-electron chi connectivity index (χ0n) is 16.7. The molecule has 1 saturated heterocycles. The number of rotatable bonds is 6. The van der Waals surface area contributed by atoms with E-state index in [1.807, 2.05) is 35.7 Å². The van der Waals surface area contributed by atoms with E-state index in [1.54, 1.807) is 0 Å². The summed E-state index contributed by atoms with van der Waals surface area (Å²) in [7, 11) is 0. The number of aryl methyl sites for hydroxylation is 1. The number of anilines is 1. The predicted molar refractivity (Wildman–Crippen MR) is 119 cm³/mol. The van der Waals surface area contributed by atoms with Gasteiger partial charge in [0.1, 0.15) is 0 Å². The number of thiazole rings is 1. The fourth-order valence-electron chi connectivity index (χ4n) is 3.49. The fourth-order valence-corrected chi connectivity index (χ4v) is 4.23. The summed E-state index contributed by atoms with van der Waals surface area (Å²) >= 11 is 1.47. The number of hydrogen-bond acceptors (Lipinski definition) is 5. The highest BCUT2D eigenvalue weighted by Crippen LogP contribution is 2.24. The first kappa shape index (κ1) is 19.8. The smallest absolute Gasteiger partial charge is 0.240 e. The van der Waals surface area contributed by atoms with Crippen LogP contribution in [-0.4, -0.2) is 53.4 Å². The molecule has 0 bridgehead atoms. The van der Waals surface area contributed by atoms with Gasteiger partial charge >= 0.3 is 0 Å². The van der Waals surface area contributed by atoms with Crippen LogP contribution in [0.4, 0.5) is 5.13 Å². The van der Waals surface area contributed by atoms with Crippen LogP contribution in [0.5, 0.6) is 0 Å². The Morgan fingerprint density at radius 3 is 2.41 bits per heavy atom. The van der Waals surface area contributed by atoms with Crippen molar-refractivity contribution < 1.29 is 4.79 Å². The molecule has 29 heavy (non-hydrogen) atoms. The van der Waals surface area contributed by atoms with Gasteiger partial charge in [-0.05, 0) is 12.5 Å². The lowest BCUT2D eigenvalue weighted by Gasteiger charge is -2.34. The van der Waals surface area contributed by atoms with Crippen LogP contribution in [0.3, 0.4) is 0 Å². The Kier molecular flexibility index (Phi) is 6.34. The average Bonchev–Trinajstić information content (AvgIpc) is 3.20. The lowest BCUT2D eigenvalue weighted by molar-refractivity contribution is -0.117. The molecule has 1 fully saturated rings. The summed E-state index contributed by atoms with van der Waals surface area (Å²) in [6.07, 6.45) is 0. The monoisotopic (exact) mass is 406 g/mol. The number of nitrogens with zero attached hydrogens (tertiary/aromatic N) is 3. The minimum Gasteiger partial charge on any atom is -0.301 e. The van der Waals surface area contributed by atoms with Crippen LogP contribution in [0, 0.1) is 6.92 Å². The number of amides is 1. The third-order valence-electron chi connectivity index (χ3n) is 5.18. The molecule has 1 aliphatic rings. The molecule has 3 aromatic rings. The first-order valence-corrected chi connectivity index (χ1v) is 10.8. The topological polar surface area (TPSA) is 48.5 Å². The zero-order chi connectivity index (χ0) is 20.1. The van der Waals surface area contributed by atoms with E-state index in [2.05, 4.69) is 51.3 Å². The zero-order valence-corrected chi connectivity index (χ0v) is 17.5. The van der Waals surface area contributed by atoms with Crippen LogP contribution in [0.25, 0.3) is 11.3 Å². The second-order valence-corrected chi connectivity index (χ2v) is 8.35. The second kappa shape index (κ2) is 9.31. The van der Waals surface area contributed by atoms with E-state index < -0.39 is 0 Å². The van der Waals surface area contributed by atoms with E-state index in [1.165, 1.54) is 22.5 Å². The highest BCUT2D eigenvalue weighted by atomic mass is 32.1. The van der Waals surface area contributed by atoms with Crippen LogP contribution in [-0.2, 0) is 11.3 Å². The van der Waals surface area contributed by atoms with Gasteiger partial charge in [0.05, 0.1) is 12.2 Å². The maximum absolute atomic E-state index is 12.4. The fraction of sp³-hybridized carbons (Fsp3) is 0.304. The molecule has 0 spiro atoms. The maximum Gasteiger partial charge on any atom is 0.240 e. The molecular weight excluding hydrogens is 380 g/mol. The number of piperazine rings is 1. The van der Waals surface area contributed by atoms with Crippen LogP contribution < -0.4 is 5.32 Å². The molecule has 4 rings (SSSR count). The summed E-state index contributed by atoms with van der Waals surface area (Å²) in [5.41, 5.74) is 4.60. The van der Waals surface area contributed by atoms with E-state index >= 15 is 0 Å². The second-order valence-electron chi connectivity index (χ2n) is 7.49. The average molecular weight is 407 g/mol. The Morgan fingerprint density at radius 2 is 1.69 bits per heavy atom. The molecule has 1 N–H and O–H groups in total. The molecule has 0 saturated carbocycles. The molecule has 2 aromatic carbocycles. The molecule has 6 heteroatoms. The summed E-state index contributed by atoms with van der Waals surface area (Å²) in [4.78, 5) is 21.6. The lowest BCUT2D eigenvalue weighted by atomic mass is 10.1. The SMILES string of the molecule is Cc1ccc(CN2CCN(CC(=O)Nc3nc(-c4ccccc4)cs3)CC2)cc1. The van der Waals surface area contributed by atoms with Crippen molar-refractivity contribution in [2.45, 2.75) is 13.5 Å². The Morgan fingerprint density at radius 1 is 1.00 bits per heavy atom. The van der Waals surface area contributed by atoms with Gasteiger partial charge in [0.2, 0.25) is 5.91 Å². The largest absolute Gasteiger partial charge is 0.301 e. The number of hydrogen-bond donors (Lipinski definition) is 1. The van der Waals surface area contributed by atoms with Crippen LogP contribution in [0.2, 0.25) is 0 Å². The van der Waals surface area contributed by atoms with E-state index in [0.29, 0.717) is 11.7 Å². The lowest BCUT2D eigenvalue weighted by Crippen LogP contribution is -2.48. The Hall–Kier alpha value is -2.54. The van der Waals surface area contributed by atoms with Gasteiger partial charge < -0.3 is 5.32 Å². The van der Waals surface area contributed by atoms with Gasteiger partial charge in [0.25, 0.3) is 0 Å². The third kappa shape index (κ3) is 5.50. The Labute approximate surface area is 176 Å². The number of nitrogens with one attached hydrogen (secondary N) is 1. The molecule has 5 nitrogen and oxygen atoms in total. The van der Waals surface area contributed by atoms with E-state index in [0.717, 1.165) is 44.0 Å². The third-order valence-corrected chi connectivity index (χ3v) is 5.94. The predicted octanol–water partition coefficient (Wildman–Crippen LogP) is 3.87. The number of carbonyl (C=O) groups is 1. The molecule has 1 aliphatic heterocycles. The van der Waals surface area contributed by atoms with Crippen molar-refractivity contribution in [3.05, 3.63) is 71.1 Å². The van der Waals surface area contributed by atoms with Gasteiger partial charge in [-0.25, -0.2) is 4.98 Å². The first-order valence-electron chi connectivity index (χ1n) is 9.97. The van der Waals surface area contributed by atoms with Crippen molar-refractivity contribution in [1.29, 1.82) is 0 Å². The molecule has 0 radical (unpaired) electrons. The van der Waals surface area contributed by atoms with Crippen molar-refractivity contribution in [2.24, 2.45) is 0 Å². The van der Waals surface area contributed by atoms with Crippen molar-refractivity contribution in [1.82, 2.24) is 14.8 Å². The summed E-state index contributed by atoms with van der Waals surface area (Å²) < 4.78 is 0. The molecule has 1 aromatic heterocycles. The van der Waals surface area contributed by atoms with E-state index in [4.69, 9.17) is 0 Å². The van der Waals surface area contributed by atoms with Crippen molar-refractivity contribution in [3.8, 4) is 11.3 Å². The van der Waals surface area contributed by atoms with Gasteiger partial charge in [-0.1, -0.05) is 60.2 Å². The standard InChI is InChI=1S/C23H26N4OS/c1-18-7-9-19(10-8-18)15-26-11-13-27(14-12-26)16-22(28)25-23-24-21(17-29-23)20-5-3-2-4-6-20/h2-10,17H,11-16H2,1H3,(H,24,25,28). The summed E-state index contributed by atoms with van der Waals surface area (Å²) in [6.45, 7) is 7.29. The first-order chi connectivity index (χ1) is 14.2. The summed E-state index contributed by atoms with van der Waals surface area (Å²) in [6, 6.07) is 18.7. The Balaban J connectivity index is 1.23. The van der Waals surface area contributed by atoms with Crippen molar-refractivity contribution in [3.63, 3.8) is 0 Å². The molecule has 1 amide bonds. The van der Waals surface area contributed by atoms with Gasteiger partial charge in [0.15, 0.2) is 5.13 Å². The molecule has 0 atom stereocenters. The van der Waals surface area contributed by atoms with Gasteiger partial charge in [-0.3, -0.25) is 14.6 Å². The number of aromatic nitrogens is 1. The van der Waals surface area contributed by atoms with Crippen LogP contribution in [0.1, 0.15) is 11.1 Å². The molecule has 0 unspecified atom stereocenters. The van der Waals surface area contributed by atoms with Crippen LogP contribution >= 0.6 is 11.3 Å². The maximum atomic E-state index is 12.4. The van der Waals surface area contributed by atoms with Gasteiger partial charge in [-0.15, -0.1) is 11.3 Å². The highest BCUT2D eigenvalue weighted by molar-refractivity contribution is 7.14. The highest BCUT2D eigenvalue weighted by Gasteiger charge is 2.19. The minimum absolute atomic E-state index is 0.00551. The number of carbonyl (C=O) groups excluding carboxylic acids is 1. The van der Waals surface area contributed by atoms with Crippen molar-refractivity contribution in [2.75, 3.05) is 38.0 Å². The molecule has 0 aliphatic carbocycles. The minimum atomic E-state index is 0.00551. The van der Waals surface area contributed by atoms with E-state index in [-0.39, 0.29) is 5.91 Å². The number of benzene rings is 2. The van der Waals surface area contributed by atoms with Crippen molar-refractivity contribution >= 4 is 22.4 Å².